The molecule has 0 unspecified atom stereocenters. The molecule has 1 heterocycles. The van der Waals surface area contributed by atoms with E-state index in [0.717, 1.165) is 16.8 Å². The Labute approximate surface area is 138 Å². The molecule has 0 spiro atoms. The number of benzene rings is 2. The van der Waals surface area contributed by atoms with Crippen molar-refractivity contribution in [2.24, 2.45) is 5.10 Å². The third-order valence-corrected chi connectivity index (χ3v) is 3.33. The molecular formula is C18H14N4O2. The van der Waals surface area contributed by atoms with Crippen molar-refractivity contribution in [3.63, 3.8) is 0 Å². The van der Waals surface area contributed by atoms with Crippen LogP contribution in [-0.4, -0.2) is 15.6 Å². The smallest absolute Gasteiger partial charge is 0.358 e. The normalized spacial score (nSPS) is 10.0. The molecule has 0 saturated heterocycles. The summed E-state index contributed by atoms with van der Waals surface area (Å²) >= 11 is 0. The van der Waals surface area contributed by atoms with E-state index in [1.54, 1.807) is 6.07 Å². The highest BCUT2D eigenvalue weighted by molar-refractivity contribution is 6.13. The van der Waals surface area contributed by atoms with Gasteiger partial charge in [-0.1, -0.05) is 60.7 Å². The Bertz CT molecular complexity index is 806. The van der Waals surface area contributed by atoms with Gasteiger partial charge < -0.3 is 10.1 Å². The van der Waals surface area contributed by atoms with Crippen LogP contribution in [0.1, 0.15) is 11.1 Å². The second-order valence-corrected chi connectivity index (χ2v) is 4.97. The van der Waals surface area contributed by atoms with Crippen molar-refractivity contribution in [1.82, 2.24) is 4.98 Å². The van der Waals surface area contributed by atoms with Crippen molar-refractivity contribution in [3.05, 3.63) is 100 Å². The predicted octanol–water partition coefficient (Wildman–Crippen LogP) is 3.85. The minimum absolute atomic E-state index is 0.198. The number of aromatic nitrogens is 1. The van der Waals surface area contributed by atoms with Crippen LogP contribution in [0.2, 0.25) is 0 Å². The second-order valence-electron chi connectivity index (χ2n) is 4.97. The van der Waals surface area contributed by atoms with E-state index in [9.17, 15) is 10.1 Å². The molecule has 1 N–H and O–H groups in total. The monoisotopic (exact) mass is 318 g/mol. The first kappa shape index (κ1) is 15.4. The molecular weight excluding hydrogens is 304 g/mol. The summed E-state index contributed by atoms with van der Waals surface area (Å²) in [5.74, 6) is -0.198. The van der Waals surface area contributed by atoms with Crippen molar-refractivity contribution >= 4 is 17.2 Å². The molecule has 118 valence electrons. The summed E-state index contributed by atoms with van der Waals surface area (Å²) in [5.41, 5.74) is 6.19. The molecule has 0 aliphatic rings. The van der Waals surface area contributed by atoms with Gasteiger partial charge in [-0.2, -0.15) is 5.10 Å². The molecule has 1 aromatic heterocycles. The Hall–Kier alpha value is -3.54. The van der Waals surface area contributed by atoms with Crippen LogP contribution in [0.4, 0.5) is 11.5 Å². The Morgan fingerprint density at radius 1 is 0.917 bits per heavy atom. The lowest BCUT2D eigenvalue weighted by molar-refractivity contribution is -0.389. The van der Waals surface area contributed by atoms with Crippen LogP contribution in [0.5, 0.6) is 0 Å². The van der Waals surface area contributed by atoms with E-state index in [4.69, 9.17) is 0 Å². The van der Waals surface area contributed by atoms with E-state index in [1.165, 1.54) is 12.3 Å². The minimum atomic E-state index is -0.535. The van der Waals surface area contributed by atoms with Gasteiger partial charge in [0.05, 0.1) is 5.71 Å². The first-order chi connectivity index (χ1) is 11.7. The Morgan fingerprint density at radius 3 is 1.96 bits per heavy atom. The average Bonchev–Trinajstić information content (AvgIpc) is 2.64. The molecule has 2 aromatic carbocycles. The molecule has 0 radical (unpaired) electrons. The molecule has 6 heteroatoms. The van der Waals surface area contributed by atoms with E-state index in [0.29, 0.717) is 5.69 Å². The number of hydrogen-bond acceptors (Lipinski definition) is 5. The molecule has 0 aliphatic heterocycles. The Morgan fingerprint density at radius 2 is 1.50 bits per heavy atom. The molecule has 24 heavy (non-hydrogen) atoms. The van der Waals surface area contributed by atoms with Crippen LogP contribution in [0.3, 0.4) is 0 Å². The highest BCUT2D eigenvalue weighted by Gasteiger charge is 2.08. The summed E-state index contributed by atoms with van der Waals surface area (Å²) in [7, 11) is 0. The zero-order valence-electron chi connectivity index (χ0n) is 12.7. The van der Waals surface area contributed by atoms with Crippen molar-refractivity contribution in [2.75, 3.05) is 5.43 Å². The van der Waals surface area contributed by atoms with Crippen molar-refractivity contribution in [2.45, 2.75) is 0 Å². The largest absolute Gasteiger partial charge is 0.363 e. The fraction of sp³-hybridized carbons (Fsp3) is 0. The van der Waals surface area contributed by atoms with Crippen LogP contribution in [0.15, 0.2) is 84.1 Å². The van der Waals surface area contributed by atoms with Gasteiger partial charge in [0.15, 0.2) is 6.20 Å². The third-order valence-electron chi connectivity index (χ3n) is 3.33. The quantitative estimate of drug-likeness (QED) is 0.440. The lowest BCUT2D eigenvalue weighted by Crippen LogP contribution is -2.06. The molecule has 0 amide bonds. The maximum absolute atomic E-state index is 10.6. The van der Waals surface area contributed by atoms with Gasteiger partial charge in [0, 0.05) is 17.2 Å². The lowest BCUT2D eigenvalue weighted by atomic mass is 10.0. The third kappa shape index (κ3) is 3.61. The number of nitro groups is 1. The highest BCUT2D eigenvalue weighted by atomic mass is 16.6. The van der Waals surface area contributed by atoms with E-state index >= 15 is 0 Å². The number of hydrogen-bond donors (Lipinski definition) is 1. The topological polar surface area (TPSA) is 80.4 Å². The van der Waals surface area contributed by atoms with Gasteiger partial charge in [-0.15, -0.1) is 0 Å². The molecule has 0 saturated carbocycles. The van der Waals surface area contributed by atoms with Gasteiger partial charge in [0.1, 0.15) is 5.69 Å². The molecule has 6 nitrogen and oxygen atoms in total. The molecule has 3 aromatic rings. The van der Waals surface area contributed by atoms with Crippen molar-refractivity contribution < 1.29 is 4.92 Å². The molecule has 0 aliphatic carbocycles. The average molecular weight is 318 g/mol. The van der Waals surface area contributed by atoms with E-state index in [2.05, 4.69) is 15.5 Å². The number of nitrogens with zero attached hydrogens (tertiary/aromatic N) is 3. The van der Waals surface area contributed by atoms with Crippen LogP contribution < -0.4 is 5.43 Å². The maximum atomic E-state index is 10.6. The summed E-state index contributed by atoms with van der Waals surface area (Å²) in [6.45, 7) is 0. The SMILES string of the molecule is O=[N+]([O-])c1ccc(NN=C(c2ccccc2)c2ccccc2)cn1. The van der Waals surface area contributed by atoms with Crippen LogP contribution in [0, 0.1) is 10.1 Å². The summed E-state index contributed by atoms with van der Waals surface area (Å²) in [5, 5.41) is 15.1. The zero-order chi connectivity index (χ0) is 16.8. The summed E-state index contributed by atoms with van der Waals surface area (Å²) in [6.07, 6.45) is 1.38. The van der Waals surface area contributed by atoms with Gasteiger partial charge >= 0.3 is 5.82 Å². The Balaban J connectivity index is 1.91. The van der Waals surface area contributed by atoms with Crippen LogP contribution >= 0.6 is 0 Å². The molecule has 0 atom stereocenters. The standard InChI is InChI=1S/C18H14N4O2/c23-22(24)17-12-11-16(13-19-17)20-21-18(14-7-3-1-4-8-14)15-9-5-2-6-10-15/h1-13,20H. The fourth-order valence-corrected chi connectivity index (χ4v) is 2.17. The van der Waals surface area contributed by atoms with Gasteiger partial charge in [-0.25, -0.2) is 0 Å². The number of pyridine rings is 1. The minimum Gasteiger partial charge on any atom is -0.358 e. The van der Waals surface area contributed by atoms with Crippen molar-refractivity contribution in [3.8, 4) is 0 Å². The zero-order valence-corrected chi connectivity index (χ0v) is 12.7. The molecule has 0 fully saturated rings. The maximum Gasteiger partial charge on any atom is 0.363 e. The summed E-state index contributed by atoms with van der Waals surface area (Å²) in [6, 6.07) is 22.5. The summed E-state index contributed by atoms with van der Waals surface area (Å²) in [4.78, 5) is 13.9. The van der Waals surface area contributed by atoms with E-state index < -0.39 is 4.92 Å². The van der Waals surface area contributed by atoms with E-state index in [1.807, 2.05) is 60.7 Å². The predicted molar refractivity (Wildman–Crippen MR) is 93.0 cm³/mol. The fourth-order valence-electron chi connectivity index (χ4n) is 2.17. The number of nitrogens with one attached hydrogen (secondary N) is 1. The number of anilines is 1. The van der Waals surface area contributed by atoms with Crippen LogP contribution in [0.25, 0.3) is 0 Å². The first-order valence-electron chi connectivity index (χ1n) is 7.29. The lowest BCUT2D eigenvalue weighted by Gasteiger charge is -2.08. The van der Waals surface area contributed by atoms with Gasteiger partial charge in [0.25, 0.3) is 0 Å². The Kier molecular flexibility index (Phi) is 4.57. The first-order valence-corrected chi connectivity index (χ1v) is 7.29. The number of hydrazone groups is 1. The van der Waals surface area contributed by atoms with Crippen molar-refractivity contribution in [1.29, 1.82) is 0 Å². The molecule has 0 bridgehead atoms. The van der Waals surface area contributed by atoms with Gasteiger partial charge in [-0.3, -0.25) is 5.43 Å². The van der Waals surface area contributed by atoms with Gasteiger partial charge in [0.2, 0.25) is 0 Å². The van der Waals surface area contributed by atoms with E-state index in [-0.39, 0.29) is 5.82 Å². The van der Waals surface area contributed by atoms with Gasteiger partial charge in [-0.05, 0) is 16.0 Å². The second kappa shape index (κ2) is 7.15. The highest BCUT2D eigenvalue weighted by Crippen LogP contribution is 2.14. The van der Waals surface area contributed by atoms with Crippen LogP contribution in [-0.2, 0) is 0 Å². The number of rotatable bonds is 5. The summed E-state index contributed by atoms with van der Waals surface area (Å²) < 4.78 is 0. The molecule has 3 rings (SSSR count).